The molecule has 1 atom stereocenters. The van der Waals surface area contributed by atoms with Gasteiger partial charge in [0.25, 0.3) is 14.0 Å². The fourth-order valence-electron chi connectivity index (χ4n) is 5.87. The first-order valence-corrected chi connectivity index (χ1v) is 16.8. The van der Waals surface area contributed by atoms with Crippen molar-refractivity contribution in [3.63, 3.8) is 0 Å². The second kappa shape index (κ2) is 14.9. The van der Waals surface area contributed by atoms with Gasteiger partial charge in [0.05, 0.1) is 24.2 Å². The van der Waals surface area contributed by atoms with Gasteiger partial charge in [-0.2, -0.15) is 0 Å². The third-order valence-corrected chi connectivity index (χ3v) is 13.0. The molecule has 1 unspecified atom stereocenters. The van der Waals surface area contributed by atoms with Gasteiger partial charge >= 0.3 is 0 Å². The minimum atomic E-state index is -2.58. The highest BCUT2D eigenvalue weighted by atomic mass is 28.4. The van der Waals surface area contributed by atoms with Gasteiger partial charge in [-0.1, -0.05) is 81.4 Å². The fraction of sp³-hybridized carbons (Fsp3) is 0.455. The van der Waals surface area contributed by atoms with Crippen LogP contribution < -0.4 is 20.4 Å². The third kappa shape index (κ3) is 7.65. The summed E-state index contributed by atoms with van der Waals surface area (Å²) in [5.74, 6) is 0.572. The zero-order chi connectivity index (χ0) is 30.0. The fourth-order valence-corrected chi connectivity index (χ4v) is 10.5. The molecule has 1 saturated heterocycles. The number of nitrogens with one attached hydrogen (secondary N) is 1. The van der Waals surface area contributed by atoms with Crippen LogP contribution in [0.15, 0.2) is 78.9 Å². The maximum absolute atomic E-state index is 11.5. The predicted molar refractivity (Wildman–Crippen MR) is 170 cm³/mol. The molecule has 9 heteroatoms. The number of nitro benzene ring substituents is 1. The number of hydrogen-bond acceptors (Lipinski definition) is 7. The van der Waals surface area contributed by atoms with Gasteiger partial charge in [-0.15, -0.1) is 0 Å². The lowest BCUT2D eigenvalue weighted by Crippen LogP contribution is -2.66. The van der Waals surface area contributed by atoms with E-state index >= 15 is 0 Å². The number of rotatable bonds is 14. The lowest BCUT2D eigenvalue weighted by Gasteiger charge is -2.43. The van der Waals surface area contributed by atoms with Crippen LogP contribution in [0, 0.1) is 10.1 Å². The normalized spacial score (nSPS) is 16.3. The van der Waals surface area contributed by atoms with Gasteiger partial charge in [0.2, 0.25) is 0 Å². The van der Waals surface area contributed by atoms with Gasteiger partial charge in [-0.3, -0.25) is 15.0 Å². The van der Waals surface area contributed by atoms with E-state index in [0.717, 1.165) is 44.6 Å². The molecule has 0 amide bonds. The molecule has 0 aliphatic carbocycles. The number of ether oxygens (including phenoxy) is 2. The van der Waals surface area contributed by atoms with Crippen molar-refractivity contribution < 1.29 is 18.8 Å². The van der Waals surface area contributed by atoms with E-state index in [-0.39, 0.29) is 21.7 Å². The Balaban J connectivity index is 1.43. The zero-order valence-corrected chi connectivity index (χ0v) is 26.4. The van der Waals surface area contributed by atoms with Crippen LogP contribution in [-0.2, 0) is 9.16 Å². The topological polar surface area (TPSA) is 86.1 Å². The van der Waals surface area contributed by atoms with Crippen molar-refractivity contribution in [2.45, 2.75) is 44.7 Å². The van der Waals surface area contributed by atoms with Crippen LogP contribution >= 0.6 is 0 Å². The summed E-state index contributed by atoms with van der Waals surface area (Å²) in [5, 5.41) is 17.5. The standard InChI is InChI=1S/C33H45N3O5Si/c1-33(2,3)42(28-13-7-5-8-14-28,29-15-9-6-10-16-29)41-23-12-11-22-40-32-25-27(36(37)38)17-18-30(32)31-26-35(20-19-34-31)21-24-39-4/h5-10,13-18,25,31,34H,11-12,19-24,26H2,1-4H3. The highest BCUT2D eigenvalue weighted by molar-refractivity contribution is 6.99. The minimum absolute atomic E-state index is 0.0323. The number of piperazine rings is 1. The number of non-ortho nitro benzene ring substituents is 1. The number of nitro groups is 1. The minimum Gasteiger partial charge on any atom is -0.493 e. The largest absolute Gasteiger partial charge is 0.493 e. The first-order chi connectivity index (χ1) is 20.3. The van der Waals surface area contributed by atoms with Crippen LogP contribution in [-0.4, -0.2) is 71.3 Å². The Hall–Kier alpha value is -3.08. The molecule has 1 heterocycles. The summed E-state index contributed by atoms with van der Waals surface area (Å²) in [6.07, 6.45) is 1.60. The van der Waals surface area contributed by atoms with E-state index in [1.165, 1.54) is 10.4 Å². The molecule has 0 bridgehead atoms. The monoisotopic (exact) mass is 591 g/mol. The molecule has 1 aliphatic rings. The highest BCUT2D eigenvalue weighted by Crippen LogP contribution is 2.37. The van der Waals surface area contributed by atoms with Crippen LogP contribution in [0.1, 0.15) is 45.2 Å². The number of unbranched alkanes of at least 4 members (excludes halogenated alkanes) is 1. The van der Waals surface area contributed by atoms with E-state index in [1.807, 2.05) is 6.07 Å². The second-order valence-corrected chi connectivity index (χ2v) is 16.2. The lowest BCUT2D eigenvalue weighted by atomic mass is 10.0. The molecule has 8 nitrogen and oxygen atoms in total. The molecule has 1 N–H and O–H groups in total. The maximum atomic E-state index is 11.5. The summed E-state index contributed by atoms with van der Waals surface area (Å²) < 4.78 is 18.5. The van der Waals surface area contributed by atoms with Gasteiger partial charge in [-0.25, -0.2) is 0 Å². The summed E-state index contributed by atoms with van der Waals surface area (Å²) >= 11 is 0. The molecular weight excluding hydrogens is 546 g/mol. The highest BCUT2D eigenvalue weighted by Gasteiger charge is 2.49. The molecule has 3 aromatic carbocycles. The first kappa shape index (κ1) is 31.8. The summed E-state index contributed by atoms with van der Waals surface area (Å²) in [6.45, 7) is 12.0. The Morgan fingerprint density at radius 3 is 2.19 bits per heavy atom. The quantitative estimate of drug-likeness (QED) is 0.123. The van der Waals surface area contributed by atoms with Gasteiger partial charge in [0.15, 0.2) is 0 Å². The van der Waals surface area contributed by atoms with Crippen molar-refractivity contribution in [2.24, 2.45) is 0 Å². The van der Waals surface area contributed by atoms with E-state index in [9.17, 15) is 10.1 Å². The predicted octanol–water partition coefficient (Wildman–Crippen LogP) is 4.92. The van der Waals surface area contributed by atoms with Gasteiger partial charge in [-0.05, 0) is 34.3 Å². The molecular formula is C33H45N3O5Si. The van der Waals surface area contributed by atoms with E-state index in [1.54, 1.807) is 19.2 Å². The molecule has 1 aliphatic heterocycles. The van der Waals surface area contributed by atoms with Crippen molar-refractivity contribution in [1.29, 1.82) is 0 Å². The van der Waals surface area contributed by atoms with Crippen molar-refractivity contribution >= 4 is 24.4 Å². The number of methoxy groups -OCH3 is 1. The average molecular weight is 592 g/mol. The Morgan fingerprint density at radius 2 is 1.60 bits per heavy atom. The Kier molecular flexibility index (Phi) is 11.3. The van der Waals surface area contributed by atoms with Gasteiger partial charge < -0.3 is 19.2 Å². The number of nitrogens with zero attached hydrogens (tertiary/aromatic N) is 2. The van der Waals surface area contributed by atoms with Crippen molar-refractivity contribution in [3.05, 3.63) is 94.5 Å². The average Bonchev–Trinajstić information content (AvgIpc) is 3.00. The second-order valence-electron chi connectivity index (χ2n) is 11.8. The lowest BCUT2D eigenvalue weighted by molar-refractivity contribution is -0.385. The number of hydrogen-bond donors (Lipinski definition) is 1. The van der Waals surface area contributed by atoms with E-state index in [0.29, 0.717) is 25.6 Å². The van der Waals surface area contributed by atoms with Crippen molar-refractivity contribution in [3.8, 4) is 5.75 Å². The molecule has 0 aromatic heterocycles. The molecule has 3 aromatic rings. The Labute approximate surface area is 251 Å². The van der Waals surface area contributed by atoms with Crippen molar-refractivity contribution in [1.82, 2.24) is 10.2 Å². The molecule has 0 saturated carbocycles. The van der Waals surface area contributed by atoms with E-state index in [4.69, 9.17) is 13.9 Å². The molecule has 1 fully saturated rings. The van der Waals surface area contributed by atoms with Crippen LogP contribution in [0.2, 0.25) is 5.04 Å². The summed E-state index contributed by atoms with van der Waals surface area (Å²) in [5.41, 5.74) is 0.988. The first-order valence-electron chi connectivity index (χ1n) is 14.9. The van der Waals surface area contributed by atoms with Crippen LogP contribution in [0.5, 0.6) is 5.75 Å². The van der Waals surface area contributed by atoms with Crippen molar-refractivity contribution in [2.75, 3.05) is 53.1 Å². The SMILES string of the molecule is COCCN1CCNC(c2ccc([N+](=O)[O-])cc2OCCCCO[Si](c2ccccc2)(c2ccccc2)C(C)(C)C)C1. The van der Waals surface area contributed by atoms with Crippen LogP contribution in [0.3, 0.4) is 0 Å². The molecule has 226 valence electrons. The maximum Gasteiger partial charge on any atom is 0.273 e. The molecule has 0 radical (unpaired) electrons. The molecule has 42 heavy (non-hydrogen) atoms. The van der Waals surface area contributed by atoms with Crippen LogP contribution in [0.4, 0.5) is 5.69 Å². The Morgan fingerprint density at radius 1 is 0.952 bits per heavy atom. The summed E-state index contributed by atoms with van der Waals surface area (Å²) in [7, 11) is -0.869. The third-order valence-electron chi connectivity index (χ3n) is 7.99. The van der Waals surface area contributed by atoms with Gasteiger partial charge in [0.1, 0.15) is 5.75 Å². The number of benzene rings is 3. The smallest absolute Gasteiger partial charge is 0.273 e. The van der Waals surface area contributed by atoms with E-state index < -0.39 is 8.32 Å². The molecule has 4 rings (SSSR count). The molecule has 0 spiro atoms. The van der Waals surface area contributed by atoms with E-state index in [2.05, 4.69) is 91.7 Å². The zero-order valence-electron chi connectivity index (χ0n) is 25.4. The summed E-state index contributed by atoms with van der Waals surface area (Å²) in [4.78, 5) is 13.5. The Bertz CT molecular complexity index is 1230. The van der Waals surface area contributed by atoms with Gasteiger partial charge in [0, 0.05) is 57.6 Å². The summed E-state index contributed by atoms with van der Waals surface area (Å²) in [6, 6.07) is 26.3. The van der Waals surface area contributed by atoms with Crippen LogP contribution in [0.25, 0.3) is 0 Å².